The van der Waals surface area contributed by atoms with Crippen molar-refractivity contribution in [2.75, 3.05) is 29.8 Å². The van der Waals surface area contributed by atoms with Crippen molar-refractivity contribution in [2.45, 2.75) is 71.5 Å². The molecule has 2 aliphatic rings. The van der Waals surface area contributed by atoms with Gasteiger partial charge in [0.15, 0.2) is 11.5 Å². The van der Waals surface area contributed by atoms with Crippen LogP contribution >= 0.6 is 0 Å². The molecule has 1 aliphatic heterocycles. The highest BCUT2D eigenvalue weighted by atomic mass is 32.2. The maximum absolute atomic E-state index is 14.0. The van der Waals surface area contributed by atoms with Gasteiger partial charge in [0.2, 0.25) is 21.8 Å². The van der Waals surface area contributed by atoms with E-state index in [1.807, 2.05) is 38.1 Å². The summed E-state index contributed by atoms with van der Waals surface area (Å²) in [7, 11) is -3.83. The number of hydrogen-bond acceptors (Lipinski definition) is 6. The fraction of sp³-hybridized carbons (Fsp3) is 0.517. The lowest BCUT2D eigenvalue weighted by Crippen LogP contribution is -2.53. The molecule has 1 heterocycles. The van der Waals surface area contributed by atoms with Gasteiger partial charge in [-0.2, -0.15) is 0 Å². The summed E-state index contributed by atoms with van der Waals surface area (Å²) in [5.41, 5.74) is 2.26. The third kappa shape index (κ3) is 7.03. The largest absolute Gasteiger partial charge is 0.486 e. The monoisotopic (exact) mass is 557 g/mol. The smallest absolute Gasteiger partial charge is 0.244 e. The molecule has 4 rings (SSSR count). The topological polar surface area (TPSA) is 105 Å². The molecule has 2 amide bonds. The summed E-state index contributed by atoms with van der Waals surface area (Å²) in [5.74, 6) is 0.124. The summed E-state index contributed by atoms with van der Waals surface area (Å²) in [6.07, 6.45) is 4.42. The second-order valence-electron chi connectivity index (χ2n) is 10.2. The molecule has 0 radical (unpaired) electrons. The van der Waals surface area contributed by atoms with Crippen molar-refractivity contribution in [2.24, 2.45) is 0 Å². The van der Waals surface area contributed by atoms with Crippen molar-refractivity contribution in [1.29, 1.82) is 0 Å². The Labute approximate surface area is 231 Å². The van der Waals surface area contributed by atoms with Crippen LogP contribution in [0.3, 0.4) is 0 Å². The molecule has 9 nitrogen and oxygen atoms in total. The van der Waals surface area contributed by atoms with E-state index in [0.29, 0.717) is 36.8 Å². The van der Waals surface area contributed by atoms with E-state index < -0.39 is 28.5 Å². The number of benzene rings is 2. The zero-order valence-corrected chi connectivity index (χ0v) is 23.8. The van der Waals surface area contributed by atoms with E-state index in [9.17, 15) is 18.0 Å². The molecule has 0 bridgehead atoms. The standard InChI is InChI=1S/C29H39N3O6S/c1-4-25(29(34)30-23-8-6-7-9-23)31(19-22-12-10-21(3)11-13-22)28(33)20-32(39(35,36)5-2)24-14-15-26-27(18-24)38-17-16-37-26/h10-15,18,23,25H,4-9,16-17,19-20H2,1-3H3,(H,30,34)/t25-/m0/s1. The molecule has 0 saturated heterocycles. The van der Waals surface area contributed by atoms with Gasteiger partial charge >= 0.3 is 0 Å². The van der Waals surface area contributed by atoms with Gasteiger partial charge in [0.05, 0.1) is 11.4 Å². The van der Waals surface area contributed by atoms with Crippen molar-refractivity contribution < 1.29 is 27.5 Å². The van der Waals surface area contributed by atoms with Crippen LogP contribution in [0.1, 0.15) is 57.1 Å². The minimum atomic E-state index is -3.83. The van der Waals surface area contributed by atoms with E-state index in [1.54, 1.807) is 25.1 Å². The second kappa shape index (κ2) is 12.7. The number of anilines is 1. The van der Waals surface area contributed by atoms with Crippen molar-refractivity contribution in [1.82, 2.24) is 10.2 Å². The number of hydrogen-bond donors (Lipinski definition) is 1. The first-order valence-corrected chi connectivity index (χ1v) is 15.4. The molecule has 2 aromatic carbocycles. The minimum Gasteiger partial charge on any atom is -0.486 e. The Morgan fingerprint density at radius 1 is 1.00 bits per heavy atom. The molecule has 39 heavy (non-hydrogen) atoms. The Bertz CT molecular complexity index is 1260. The van der Waals surface area contributed by atoms with Crippen LogP contribution in [0.2, 0.25) is 0 Å². The molecule has 1 fully saturated rings. The summed E-state index contributed by atoms with van der Waals surface area (Å²) in [6, 6.07) is 12.0. The van der Waals surface area contributed by atoms with Crippen molar-refractivity contribution >= 4 is 27.5 Å². The van der Waals surface area contributed by atoms with Gasteiger partial charge in [-0.15, -0.1) is 0 Å². The fourth-order valence-electron chi connectivity index (χ4n) is 5.08. The predicted molar refractivity (Wildman–Crippen MR) is 150 cm³/mol. The first-order chi connectivity index (χ1) is 18.7. The summed E-state index contributed by atoms with van der Waals surface area (Å²) < 4.78 is 38.8. The third-order valence-electron chi connectivity index (χ3n) is 7.35. The predicted octanol–water partition coefficient (Wildman–Crippen LogP) is 3.79. The van der Waals surface area contributed by atoms with Gasteiger partial charge in [-0.25, -0.2) is 8.42 Å². The SMILES string of the molecule is CC[C@@H](C(=O)NC1CCCC1)N(Cc1ccc(C)cc1)C(=O)CN(c1ccc2c(c1)OCCO2)S(=O)(=O)CC. The van der Waals surface area contributed by atoms with E-state index in [2.05, 4.69) is 5.32 Å². The van der Waals surface area contributed by atoms with Crippen LogP contribution < -0.4 is 19.1 Å². The minimum absolute atomic E-state index is 0.109. The van der Waals surface area contributed by atoms with Crippen LogP contribution in [0.15, 0.2) is 42.5 Å². The lowest BCUT2D eigenvalue weighted by atomic mass is 10.1. The van der Waals surface area contributed by atoms with Gasteiger partial charge in [0.1, 0.15) is 25.8 Å². The summed E-state index contributed by atoms with van der Waals surface area (Å²) in [6.45, 7) is 5.92. The highest BCUT2D eigenvalue weighted by Crippen LogP contribution is 2.35. The van der Waals surface area contributed by atoms with Crippen LogP contribution in [-0.4, -0.2) is 62.7 Å². The quantitative estimate of drug-likeness (QED) is 0.451. The number of ether oxygens (including phenoxy) is 2. The molecule has 0 spiro atoms. The van der Waals surface area contributed by atoms with E-state index >= 15 is 0 Å². The van der Waals surface area contributed by atoms with Crippen LogP contribution in [0, 0.1) is 6.92 Å². The Balaban J connectivity index is 1.64. The summed E-state index contributed by atoms with van der Waals surface area (Å²) in [4.78, 5) is 28.9. The molecule has 1 saturated carbocycles. The van der Waals surface area contributed by atoms with Crippen LogP contribution in [0.5, 0.6) is 11.5 Å². The van der Waals surface area contributed by atoms with Gasteiger partial charge in [-0.3, -0.25) is 13.9 Å². The third-order valence-corrected chi connectivity index (χ3v) is 9.10. The zero-order valence-electron chi connectivity index (χ0n) is 23.0. The normalized spacial score (nSPS) is 16.0. The van der Waals surface area contributed by atoms with Crippen molar-refractivity contribution in [3.63, 3.8) is 0 Å². The zero-order chi connectivity index (χ0) is 28.0. The molecule has 1 N–H and O–H groups in total. The number of carbonyl (C=O) groups excluding carboxylic acids is 2. The van der Waals surface area contributed by atoms with Crippen molar-refractivity contribution in [3.8, 4) is 11.5 Å². The molecule has 1 atom stereocenters. The second-order valence-corrected chi connectivity index (χ2v) is 12.3. The average molecular weight is 558 g/mol. The van der Waals surface area contributed by atoms with E-state index in [1.165, 1.54) is 4.90 Å². The molecule has 1 aliphatic carbocycles. The van der Waals surface area contributed by atoms with Crippen LogP contribution in [-0.2, 0) is 26.2 Å². The Hall–Kier alpha value is -3.27. The van der Waals surface area contributed by atoms with E-state index in [0.717, 1.165) is 41.1 Å². The number of sulfonamides is 1. The lowest BCUT2D eigenvalue weighted by Gasteiger charge is -2.34. The van der Waals surface area contributed by atoms with Gasteiger partial charge < -0.3 is 19.7 Å². The summed E-state index contributed by atoms with van der Waals surface area (Å²) >= 11 is 0. The average Bonchev–Trinajstić information content (AvgIpc) is 3.45. The highest BCUT2D eigenvalue weighted by Gasteiger charge is 2.34. The van der Waals surface area contributed by atoms with Gasteiger partial charge in [-0.1, -0.05) is 49.6 Å². The van der Waals surface area contributed by atoms with Crippen LogP contribution in [0.25, 0.3) is 0 Å². The molecular weight excluding hydrogens is 518 g/mol. The molecule has 0 aromatic heterocycles. The summed E-state index contributed by atoms with van der Waals surface area (Å²) in [5, 5.41) is 3.13. The van der Waals surface area contributed by atoms with E-state index in [-0.39, 0.29) is 24.2 Å². The van der Waals surface area contributed by atoms with Crippen LogP contribution in [0.4, 0.5) is 5.69 Å². The van der Waals surface area contributed by atoms with Gasteiger partial charge in [0.25, 0.3) is 0 Å². The number of rotatable bonds is 11. The van der Waals surface area contributed by atoms with E-state index in [4.69, 9.17) is 9.47 Å². The number of nitrogens with zero attached hydrogens (tertiary/aromatic N) is 2. The Kier molecular flexibility index (Phi) is 9.37. The van der Waals surface area contributed by atoms with Gasteiger partial charge in [-0.05, 0) is 50.8 Å². The Morgan fingerprint density at radius 2 is 1.67 bits per heavy atom. The first-order valence-electron chi connectivity index (χ1n) is 13.8. The number of nitrogens with one attached hydrogen (secondary N) is 1. The molecule has 212 valence electrons. The number of carbonyl (C=O) groups is 2. The molecule has 10 heteroatoms. The van der Waals surface area contributed by atoms with Gasteiger partial charge in [0, 0.05) is 18.7 Å². The van der Waals surface area contributed by atoms with Crippen molar-refractivity contribution in [3.05, 3.63) is 53.6 Å². The molecule has 0 unspecified atom stereocenters. The Morgan fingerprint density at radius 3 is 2.31 bits per heavy atom. The number of fused-ring (bicyclic) bond motifs is 1. The highest BCUT2D eigenvalue weighted by molar-refractivity contribution is 7.92. The number of aryl methyl sites for hydroxylation is 1. The molecular formula is C29H39N3O6S. The molecule has 2 aromatic rings. The first kappa shape index (κ1) is 28.7. The lowest BCUT2D eigenvalue weighted by molar-refractivity contribution is -0.140. The maximum atomic E-state index is 14.0. The fourth-order valence-corrected chi connectivity index (χ4v) is 6.14. The number of amides is 2. The maximum Gasteiger partial charge on any atom is 0.244 e.